The minimum atomic E-state index is -4.45. The van der Waals surface area contributed by atoms with E-state index in [4.69, 9.17) is 0 Å². The van der Waals surface area contributed by atoms with Crippen molar-refractivity contribution < 1.29 is 22.8 Å². The summed E-state index contributed by atoms with van der Waals surface area (Å²) in [5, 5.41) is 7.09. The summed E-state index contributed by atoms with van der Waals surface area (Å²) in [5.41, 5.74) is 0.347. The van der Waals surface area contributed by atoms with Crippen molar-refractivity contribution in [1.82, 2.24) is 24.9 Å². The van der Waals surface area contributed by atoms with Gasteiger partial charge in [0.05, 0.1) is 5.56 Å². The first-order valence-electron chi connectivity index (χ1n) is 12.2. The third kappa shape index (κ3) is 6.89. The Kier molecular flexibility index (Phi) is 8.53. The maximum Gasteiger partial charge on any atom is 0.418 e. The van der Waals surface area contributed by atoms with Crippen LogP contribution < -0.4 is 14.9 Å². The highest BCUT2D eigenvalue weighted by Crippen LogP contribution is 2.38. The van der Waals surface area contributed by atoms with E-state index >= 15 is 0 Å². The van der Waals surface area contributed by atoms with Crippen LogP contribution in [0.1, 0.15) is 30.9 Å². The molecule has 2 aliphatic heterocycles. The highest BCUT2D eigenvalue weighted by atomic mass is 32.2. The molecule has 0 unspecified atom stereocenters. The molecular formula is C24H32F3N7O2S. The van der Waals surface area contributed by atoms with Gasteiger partial charge in [-0.25, -0.2) is 4.79 Å². The monoisotopic (exact) mass is 539 g/mol. The molecule has 2 N–H and O–H groups in total. The molecule has 0 spiro atoms. The molecule has 202 valence electrons. The van der Waals surface area contributed by atoms with E-state index in [9.17, 15) is 22.8 Å². The van der Waals surface area contributed by atoms with E-state index in [1.165, 1.54) is 35.7 Å². The lowest BCUT2D eigenvalue weighted by Crippen LogP contribution is -2.49. The smallest absolute Gasteiger partial charge is 0.371 e. The van der Waals surface area contributed by atoms with E-state index in [1.807, 2.05) is 6.26 Å². The average Bonchev–Trinajstić information content (AvgIpc) is 3.32. The molecule has 0 radical (unpaired) electrons. The van der Waals surface area contributed by atoms with Gasteiger partial charge in [-0.05, 0) is 30.5 Å². The van der Waals surface area contributed by atoms with Gasteiger partial charge in [0.1, 0.15) is 0 Å². The van der Waals surface area contributed by atoms with E-state index in [0.29, 0.717) is 64.5 Å². The topological polar surface area (TPSA) is 85.7 Å². The first kappa shape index (κ1) is 27.1. The normalized spacial score (nSPS) is 17.6. The molecule has 37 heavy (non-hydrogen) atoms. The van der Waals surface area contributed by atoms with Gasteiger partial charge in [-0.2, -0.15) is 17.9 Å². The Hall–Kier alpha value is -2.93. The van der Waals surface area contributed by atoms with Crippen LogP contribution in [-0.4, -0.2) is 83.1 Å². The Morgan fingerprint density at radius 2 is 1.78 bits per heavy atom. The number of nitrogens with zero attached hydrogens (tertiary/aromatic N) is 5. The number of aromatic nitrogens is 2. The largest absolute Gasteiger partial charge is 0.418 e. The van der Waals surface area contributed by atoms with Crippen LogP contribution in [0.25, 0.3) is 0 Å². The molecule has 0 aliphatic carbocycles. The number of benzene rings is 1. The van der Waals surface area contributed by atoms with Gasteiger partial charge in [0.2, 0.25) is 5.91 Å². The van der Waals surface area contributed by atoms with Gasteiger partial charge in [0.25, 0.3) is 0 Å². The molecule has 1 aromatic carbocycles. The van der Waals surface area contributed by atoms with Crippen molar-refractivity contribution >= 4 is 35.4 Å². The number of nitrogens with one attached hydrogen (secondary N) is 2. The maximum atomic E-state index is 13.8. The van der Waals surface area contributed by atoms with Gasteiger partial charge in [0, 0.05) is 83.0 Å². The van der Waals surface area contributed by atoms with Gasteiger partial charge < -0.3 is 19.8 Å². The number of anilines is 2. The van der Waals surface area contributed by atoms with Crippen LogP contribution in [0, 0.1) is 0 Å². The zero-order chi connectivity index (χ0) is 26.6. The summed E-state index contributed by atoms with van der Waals surface area (Å²) in [6.45, 7) is 5.08. The molecule has 9 nitrogen and oxygen atoms in total. The van der Waals surface area contributed by atoms with E-state index in [2.05, 4.69) is 20.0 Å². The number of piperidine rings is 1. The Morgan fingerprint density at radius 3 is 2.41 bits per heavy atom. The molecule has 13 heteroatoms. The van der Waals surface area contributed by atoms with Crippen molar-refractivity contribution in [2.75, 3.05) is 55.1 Å². The minimum Gasteiger partial charge on any atom is -0.371 e. The second-order valence-corrected chi connectivity index (χ2v) is 9.92. The highest BCUT2D eigenvalue weighted by Gasteiger charge is 2.36. The van der Waals surface area contributed by atoms with E-state index < -0.39 is 11.7 Å². The molecule has 4 rings (SSSR count). The molecule has 3 heterocycles. The zero-order valence-corrected chi connectivity index (χ0v) is 21.7. The fourth-order valence-corrected chi connectivity index (χ4v) is 5.14. The summed E-state index contributed by atoms with van der Waals surface area (Å²) >= 11 is 1.39. The first-order valence-corrected chi connectivity index (χ1v) is 13.4. The van der Waals surface area contributed by atoms with Gasteiger partial charge in [-0.15, -0.1) is 5.10 Å². The molecular weight excluding hydrogens is 507 g/mol. The van der Waals surface area contributed by atoms with E-state index in [-0.39, 0.29) is 23.7 Å². The van der Waals surface area contributed by atoms with E-state index in [1.54, 1.807) is 28.1 Å². The number of amides is 2. The third-order valence-electron chi connectivity index (χ3n) is 6.65. The third-order valence-corrected chi connectivity index (χ3v) is 7.06. The number of piperazine rings is 1. The number of halogens is 3. The van der Waals surface area contributed by atoms with Crippen molar-refractivity contribution in [2.24, 2.45) is 0 Å². The molecule has 2 fully saturated rings. The number of carbonyl (C=O) groups is 2. The van der Waals surface area contributed by atoms with Crippen LogP contribution in [0.5, 0.6) is 0 Å². The molecule has 2 aliphatic rings. The molecule has 0 bridgehead atoms. The SMILES string of the molecule is CSNc1ccn(C(=O)N2CCN(Cc3ccc(C(F)(F)F)c(N4CCC(NC(C)=O)CC4)c3)CC2)n1. The van der Waals surface area contributed by atoms with Gasteiger partial charge in [0.15, 0.2) is 5.82 Å². The quantitative estimate of drug-likeness (QED) is 0.544. The van der Waals surface area contributed by atoms with Gasteiger partial charge in [-0.1, -0.05) is 18.0 Å². The molecule has 2 amide bonds. The molecule has 0 saturated carbocycles. The van der Waals surface area contributed by atoms with Crippen LogP contribution in [0.4, 0.5) is 29.5 Å². The van der Waals surface area contributed by atoms with E-state index in [0.717, 1.165) is 5.56 Å². The summed E-state index contributed by atoms with van der Waals surface area (Å²) in [5.74, 6) is 0.483. The lowest BCUT2D eigenvalue weighted by molar-refractivity contribution is -0.137. The van der Waals surface area contributed by atoms with Crippen LogP contribution in [0.3, 0.4) is 0 Å². The number of alkyl halides is 3. The van der Waals surface area contributed by atoms with Crippen molar-refractivity contribution in [3.63, 3.8) is 0 Å². The van der Waals surface area contributed by atoms with Gasteiger partial charge >= 0.3 is 12.2 Å². The fraction of sp³-hybridized carbons (Fsp3) is 0.542. The van der Waals surface area contributed by atoms with Crippen LogP contribution in [0.2, 0.25) is 0 Å². The summed E-state index contributed by atoms with van der Waals surface area (Å²) in [6.07, 6.45) is 0.238. The zero-order valence-electron chi connectivity index (χ0n) is 20.9. The fourth-order valence-electron chi connectivity index (χ4n) is 4.82. The average molecular weight is 540 g/mol. The Bertz CT molecular complexity index is 1090. The number of hydrogen-bond donors (Lipinski definition) is 2. The van der Waals surface area contributed by atoms with Crippen molar-refractivity contribution in [3.05, 3.63) is 41.6 Å². The number of carbonyl (C=O) groups excluding carboxylic acids is 2. The highest BCUT2D eigenvalue weighted by molar-refractivity contribution is 7.99. The first-order chi connectivity index (χ1) is 17.6. The second-order valence-electron chi connectivity index (χ2n) is 9.31. The number of rotatable bonds is 6. The predicted octanol–water partition coefficient (Wildman–Crippen LogP) is 3.48. The molecule has 2 aromatic rings. The molecule has 2 saturated heterocycles. The summed E-state index contributed by atoms with van der Waals surface area (Å²) in [4.78, 5) is 29.7. The Balaban J connectivity index is 1.38. The summed E-state index contributed by atoms with van der Waals surface area (Å²) < 4.78 is 45.7. The minimum absolute atomic E-state index is 0.0135. The number of hydrogen-bond acceptors (Lipinski definition) is 7. The van der Waals surface area contributed by atoms with Gasteiger partial charge in [-0.3, -0.25) is 9.69 Å². The summed E-state index contributed by atoms with van der Waals surface area (Å²) in [7, 11) is 0. The van der Waals surface area contributed by atoms with Crippen molar-refractivity contribution in [2.45, 2.75) is 38.5 Å². The molecule has 0 atom stereocenters. The van der Waals surface area contributed by atoms with Crippen LogP contribution in [-0.2, 0) is 17.5 Å². The predicted molar refractivity (Wildman–Crippen MR) is 138 cm³/mol. The second kappa shape index (κ2) is 11.6. The Labute approximate surface area is 218 Å². The molecule has 1 aromatic heterocycles. The lowest BCUT2D eigenvalue weighted by atomic mass is 10.0. The Morgan fingerprint density at radius 1 is 1.08 bits per heavy atom. The van der Waals surface area contributed by atoms with Crippen LogP contribution >= 0.6 is 11.9 Å². The standard InChI is InChI=1S/C24H32F3N7O2S/c1-17(35)28-19-5-8-32(9-6-19)21-15-18(3-4-20(21)24(25,26)27)16-31-11-13-33(14-12-31)23(36)34-10-7-22(29-34)30-37-2/h3-4,7,10,15,19H,5-6,8-9,11-14,16H2,1-2H3,(H,28,35)(H,29,30). The van der Waals surface area contributed by atoms with Crippen molar-refractivity contribution in [3.8, 4) is 0 Å². The summed E-state index contributed by atoms with van der Waals surface area (Å²) in [6, 6.07) is 5.87. The lowest BCUT2D eigenvalue weighted by Gasteiger charge is -2.36. The van der Waals surface area contributed by atoms with Crippen LogP contribution in [0.15, 0.2) is 30.5 Å². The van der Waals surface area contributed by atoms with Crippen molar-refractivity contribution in [1.29, 1.82) is 0 Å². The maximum absolute atomic E-state index is 13.8.